The monoisotopic (exact) mass is 302 g/mol. The van der Waals surface area contributed by atoms with E-state index in [1.807, 2.05) is 28.8 Å². The van der Waals surface area contributed by atoms with Gasteiger partial charge in [0.25, 0.3) is 0 Å². The molecule has 1 aromatic heterocycles. The average Bonchev–Trinajstić information content (AvgIpc) is 2.95. The lowest BCUT2D eigenvalue weighted by Crippen LogP contribution is -2.08. The molecule has 4 rings (SSSR count). The van der Waals surface area contributed by atoms with Crippen LogP contribution < -0.4 is 0 Å². The standard InChI is InChI=1S/C16H12F2N2S/c1-21-9-14-19-12-7-2-3-8-13(12)20(14)16(21)15-10(17)5-4-6-11(15)18/h2-8,16H,1,9H2. The Hall–Kier alpha value is -2.01. The van der Waals surface area contributed by atoms with Crippen LogP contribution in [0.1, 0.15) is 16.8 Å². The average molecular weight is 302 g/mol. The summed E-state index contributed by atoms with van der Waals surface area (Å²) in [4.78, 5) is 4.56. The Balaban J connectivity index is 2.02. The van der Waals surface area contributed by atoms with E-state index in [4.69, 9.17) is 0 Å². The second-order valence-electron chi connectivity index (χ2n) is 5.06. The first kappa shape index (κ1) is 12.7. The summed E-state index contributed by atoms with van der Waals surface area (Å²) in [6.45, 7) is 0. The Morgan fingerprint density at radius 3 is 2.57 bits per heavy atom. The van der Waals surface area contributed by atoms with Crippen molar-refractivity contribution in [3.63, 3.8) is 0 Å². The summed E-state index contributed by atoms with van der Waals surface area (Å²) >= 11 is 0. The quantitative estimate of drug-likeness (QED) is 0.619. The number of hydrogen-bond donors (Lipinski definition) is 0. The Kier molecular flexibility index (Phi) is 2.72. The lowest BCUT2D eigenvalue weighted by Gasteiger charge is -2.18. The summed E-state index contributed by atoms with van der Waals surface area (Å²) in [5.41, 5.74) is 1.85. The highest BCUT2D eigenvalue weighted by molar-refractivity contribution is 8.13. The van der Waals surface area contributed by atoms with Gasteiger partial charge < -0.3 is 4.57 Å². The molecule has 0 bridgehead atoms. The SMILES string of the molecule is C=S1Cc2nc3ccccc3n2C1c1c(F)cccc1F. The van der Waals surface area contributed by atoms with E-state index in [1.54, 1.807) is 0 Å². The molecule has 0 radical (unpaired) electrons. The van der Waals surface area contributed by atoms with Crippen LogP contribution in [0.25, 0.3) is 11.0 Å². The van der Waals surface area contributed by atoms with E-state index in [0.29, 0.717) is 5.75 Å². The molecule has 0 N–H and O–H groups in total. The normalized spacial score (nSPS) is 20.9. The van der Waals surface area contributed by atoms with E-state index < -0.39 is 27.5 Å². The van der Waals surface area contributed by atoms with Crippen molar-refractivity contribution in [2.75, 3.05) is 0 Å². The third-order valence-corrected chi connectivity index (χ3v) is 5.49. The number of rotatable bonds is 1. The molecule has 0 saturated carbocycles. The summed E-state index contributed by atoms with van der Waals surface area (Å²) in [7, 11) is -0.433. The largest absolute Gasteiger partial charge is 0.311 e. The van der Waals surface area contributed by atoms with Crippen LogP contribution in [0.15, 0.2) is 42.5 Å². The van der Waals surface area contributed by atoms with Crippen LogP contribution in [0.3, 0.4) is 0 Å². The summed E-state index contributed by atoms with van der Waals surface area (Å²) in [6, 6.07) is 11.6. The Bertz CT molecular complexity index is 865. The van der Waals surface area contributed by atoms with Crippen LogP contribution in [-0.2, 0) is 5.75 Å². The van der Waals surface area contributed by atoms with Crippen molar-refractivity contribution < 1.29 is 8.78 Å². The van der Waals surface area contributed by atoms with Gasteiger partial charge in [0.1, 0.15) is 22.8 Å². The zero-order valence-electron chi connectivity index (χ0n) is 11.1. The Labute approximate surface area is 123 Å². The number of imidazole rings is 1. The molecular formula is C16H12F2N2S. The molecule has 0 fully saturated rings. The molecule has 1 aliphatic rings. The fourth-order valence-corrected chi connectivity index (χ4v) is 4.68. The van der Waals surface area contributed by atoms with Crippen molar-refractivity contribution in [3.05, 3.63) is 65.5 Å². The maximum atomic E-state index is 14.2. The lowest BCUT2D eigenvalue weighted by molar-refractivity contribution is 0.544. The van der Waals surface area contributed by atoms with Gasteiger partial charge >= 0.3 is 0 Å². The minimum atomic E-state index is -0.521. The second kappa shape index (κ2) is 4.49. The van der Waals surface area contributed by atoms with Crippen molar-refractivity contribution in [3.8, 4) is 0 Å². The fourth-order valence-electron chi connectivity index (χ4n) is 2.89. The highest BCUT2D eigenvalue weighted by Crippen LogP contribution is 2.47. The molecular weight excluding hydrogens is 290 g/mol. The van der Waals surface area contributed by atoms with Crippen LogP contribution in [0.2, 0.25) is 0 Å². The van der Waals surface area contributed by atoms with Crippen molar-refractivity contribution >= 4 is 27.4 Å². The van der Waals surface area contributed by atoms with E-state index in [0.717, 1.165) is 16.9 Å². The minimum Gasteiger partial charge on any atom is -0.311 e. The van der Waals surface area contributed by atoms with Gasteiger partial charge in [-0.25, -0.2) is 13.8 Å². The topological polar surface area (TPSA) is 17.8 Å². The van der Waals surface area contributed by atoms with Crippen LogP contribution in [0, 0.1) is 11.6 Å². The van der Waals surface area contributed by atoms with E-state index in [-0.39, 0.29) is 5.56 Å². The smallest absolute Gasteiger partial charge is 0.132 e. The first-order valence-corrected chi connectivity index (χ1v) is 8.18. The van der Waals surface area contributed by atoms with Crippen molar-refractivity contribution in [1.29, 1.82) is 0 Å². The molecule has 2 heterocycles. The molecule has 0 aliphatic carbocycles. The summed E-state index contributed by atoms with van der Waals surface area (Å²) < 4.78 is 30.3. The number of aromatic nitrogens is 2. The first-order chi connectivity index (χ1) is 10.2. The summed E-state index contributed by atoms with van der Waals surface area (Å²) in [5.74, 6) is 4.56. The molecule has 0 saturated heterocycles. The Morgan fingerprint density at radius 1 is 1.10 bits per heavy atom. The maximum absolute atomic E-state index is 14.2. The van der Waals surface area contributed by atoms with Gasteiger partial charge in [-0.15, -0.1) is 0 Å². The van der Waals surface area contributed by atoms with Gasteiger partial charge in [-0.3, -0.25) is 0 Å². The number of benzene rings is 2. The molecule has 2 aromatic carbocycles. The maximum Gasteiger partial charge on any atom is 0.132 e. The van der Waals surface area contributed by atoms with E-state index in [2.05, 4.69) is 10.9 Å². The van der Waals surface area contributed by atoms with Crippen molar-refractivity contribution in [2.24, 2.45) is 0 Å². The van der Waals surface area contributed by atoms with Gasteiger partial charge in [-0.2, -0.15) is 10.5 Å². The fraction of sp³-hybridized carbons (Fsp3) is 0.125. The van der Waals surface area contributed by atoms with Crippen LogP contribution in [0.4, 0.5) is 8.78 Å². The molecule has 0 amide bonds. The zero-order chi connectivity index (χ0) is 14.6. The molecule has 2 atom stereocenters. The Morgan fingerprint density at radius 2 is 1.81 bits per heavy atom. The molecule has 21 heavy (non-hydrogen) atoms. The number of para-hydroxylation sites is 2. The summed E-state index contributed by atoms with van der Waals surface area (Å²) in [5, 5.41) is -0.423. The van der Waals surface area contributed by atoms with Gasteiger partial charge in [0.2, 0.25) is 0 Å². The number of nitrogens with zero attached hydrogens (tertiary/aromatic N) is 2. The highest BCUT2D eigenvalue weighted by Gasteiger charge is 2.33. The van der Waals surface area contributed by atoms with Gasteiger partial charge in [0, 0.05) is 5.75 Å². The zero-order valence-corrected chi connectivity index (χ0v) is 11.9. The number of halogens is 2. The molecule has 0 spiro atoms. The van der Waals surface area contributed by atoms with Gasteiger partial charge in [-0.05, 0) is 24.3 Å². The van der Waals surface area contributed by atoms with Gasteiger partial charge in [-0.1, -0.05) is 24.1 Å². The molecule has 2 nitrogen and oxygen atoms in total. The number of fused-ring (bicyclic) bond motifs is 3. The third-order valence-electron chi connectivity index (χ3n) is 3.78. The van der Waals surface area contributed by atoms with E-state index in [9.17, 15) is 8.78 Å². The molecule has 2 unspecified atom stereocenters. The lowest BCUT2D eigenvalue weighted by atomic mass is 10.2. The first-order valence-electron chi connectivity index (χ1n) is 6.56. The minimum absolute atomic E-state index is 0.0951. The highest BCUT2D eigenvalue weighted by atomic mass is 32.2. The predicted octanol–water partition coefficient (Wildman–Crippen LogP) is 4.08. The molecule has 1 aliphatic heterocycles. The van der Waals surface area contributed by atoms with Crippen LogP contribution in [0.5, 0.6) is 0 Å². The van der Waals surface area contributed by atoms with Crippen LogP contribution in [-0.4, -0.2) is 15.4 Å². The van der Waals surface area contributed by atoms with E-state index >= 15 is 0 Å². The van der Waals surface area contributed by atoms with Gasteiger partial charge in [0.05, 0.1) is 16.6 Å². The second-order valence-corrected chi connectivity index (χ2v) is 6.87. The number of hydrogen-bond acceptors (Lipinski definition) is 1. The molecule has 3 aromatic rings. The summed E-state index contributed by atoms with van der Waals surface area (Å²) in [6.07, 6.45) is 0. The van der Waals surface area contributed by atoms with E-state index in [1.165, 1.54) is 18.2 Å². The van der Waals surface area contributed by atoms with Crippen molar-refractivity contribution in [1.82, 2.24) is 9.55 Å². The van der Waals surface area contributed by atoms with Crippen LogP contribution >= 0.6 is 10.5 Å². The molecule has 106 valence electrons. The molecule has 5 heteroatoms. The van der Waals surface area contributed by atoms with Gasteiger partial charge in [0.15, 0.2) is 0 Å². The predicted molar refractivity (Wildman–Crippen MR) is 82.6 cm³/mol. The third kappa shape index (κ3) is 1.77. The van der Waals surface area contributed by atoms with Crippen molar-refractivity contribution in [2.45, 2.75) is 11.1 Å².